The Morgan fingerprint density at radius 3 is 2.36 bits per heavy atom. The van der Waals surface area contributed by atoms with E-state index < -0.39 is 29.4 Å². The van der Waals surface area contributed by atoms with Gasteiger partial charge in [-0.1, -0.05) is 6.07 Å². The number of halogens is 2. The summed E-state index contributed by atoms with van der Waals surface area (Å²) in [4.78, 5) is 13.2. The zero-order chi connectivity index (χ0) is 16.9. The Hall–Kier alpha value is -1.69. The lowest BCUT2D eigenvalue weighted by atomic mass is 10.1. The Bertz CT molecular complexity index is 495. The summed E-state index contributed by atoms with van der Waals surface area (Å²) >= 11 is 0. The van der Waals surface area contributed by atoms with Crippen molar-refractivity contribution in [1.82, 2.24) is 10.2 Å². The molecule has 0 saturated carbocycles. The second-order valence-electron chi connectivity index (χ2n) is 6.21. The molecular formula is C16H24F2N2O2. The number of rotatable bonds is 5. The van der Waals surface area contributed by atoms with Crippen LogP contribution in [0, 0.1) is 11.6 Å². The molecular weight excluding hydrogens is 290 g/mol. The predicted molar refractivity (Wildman–Crippen MR) is 81.6 cm³/mol. The normalized spacial score (nSPS) is 12.9. The van der Waals surface area contributed by atoms with Crippen LogP contribution in [-0.4, -0.2) is 36.7 Å². The van der Waals surface area contributed by atoms with Crippen LogP contribution >= 0.6 is 0 Å². The molecule has 0 aliphatic rings. The van der Waals surface area contributed by atoms with Crippen LogP contribution in [0.1, 0.15) is 39.3 Å². The van der Waals surface area contributed by atoms with E-state index in [4.69, 9.17) is 4.74 Å². The van der Waals surface area contributed by atoms with Gasteiger partial charge in [0, 0.05) is 31.7 Å². The maximum absolute atomic E-state index is 13.6. The number of ether oxygens (including phenoxy) is 1. The number of likely N-dealkylation sites (N-methyl/N-ethyl adjacent to an activating group) is 1. The third-order valence-electron chi connectivity index (χ3n) is 3.04. The molecule has 124 valence electrons. The van der Waals surface area contributed by atoms with E-state index in [2.05, 4.69) is 5.32 Å². The summed E-state index contributed by atoms with van der Waals surface area (Å²) in [5.74, 6) is -1.17. The summed E-state index contributed by atoms with van der Waals surface area (Å²) in [7, 11) is 1.62. The average Bonchev–Trinajstić information content (AvgIpc) is 2.36. The Labute approximate surface area is 130 Å². The Kier molecular flexibility index (Phi) is 6.29. The SMILES string of the molecule is CC(NCCN(C)C(=O)OC(C)(C)C)c1c(F)cccc1F. The van der Waals surface area contributed by atoms with Crippen molar-refractivity contribution in [2.24, 2.45) is 0 Å². The number of nitrogens with zero attached hydrogens (tertiary/aromatic N) is 1. The fraction of sp³-hybridized carbons (Fsp3) is 0.562. The second-order valence-corrected chi connectivity index (χ2v) is 6.21. The summed E-state index contributed by atoms with van der Waals surface area (Å²) in [6, 6.07) is 3.29. The van der Waals surface area contributed by atoms with Crippen molar-refractivity contribution in [3.63, 3.8) is 0 Å². The molecule has 1 N–H and O–H groups in total. The van der Waals surface area contributed by atoms with Crippen LogP contribution in [0.2, 0.25) is 0 Å². The van der Waals surface area contributed by atoms with E-state index in [0.29, 0.717) is 13.1 Å². The maximum atomic E-state index is 13.6. The van der Waals surface area contributed by atoms with Crippen LogP contribution in [0.3, 0.4) is 0 Å². The third kappa shape index (κ3) is 5.60. The number of benzene rings is 1. The molecule has 0 radical (unpaired) electrons. The second kappa shape index (κ2) is 7.54. The van der Waals surface area contributed by atoms with Gasteiger partial charge in [-0.05, 0) is 39.8 Å². The number of hydrogen-bond donors (Lipinski definition) is 1. The van der Waals surface area contributed by atoms with Gasteiger partial charge in [0.1, 0.15) is 17.2 Å². The standard InChI is InChI=1S/C16H24F2N2O2/c1-11(14-12(17)7-6-8-13(14)18)19-9-10-20(5)15(21)22-16(2,3)4/h6-8,11,19H,9-10H2,1-5H3. The first-order valence-electron chi connectivity index (χ1n) is 7.23. The van der Waals surface area contributed by atoms with Gasteiger partial charge in [-0.25, -0.2) is 13.6 Å². The number of hydrogen-bond acceptors (Lipinski definition) is 3. The van der Waals surface area contributed by atoms with Crippen molar-refractivity contribution in [3.05, 3.63) is 35.4 Å². The zero-order valence-corrected chi connectivity index (χ0v) is 13.7. The Morgan fingerprint density at radius 1 is 1.32 bits per heavy atom. The highest BCUT2D eigenvalue weighted by Crippen LogP contribution is 2.19. The molecule has 1 rings (SSSR count). The van der Waals surface area contributed by atoms with Gasteiger partial charge in [-0.15, -0.1) is 0 Å². The minimum absolute atomic E-state index is 0.00224. The van der Waals surface area contributed by atoms with Gasteiger partial charge in [0.15, 0.2) is 0 Å². The van der Waals surface area contributed by atoms with Crippen LogP contribution in [0.15, 0.2) is 18.2 Å². The number of nitrogens with one attached hydrogen (secondary N) is 1. The predicted octanol–water partition coefficient (Wildman–Crippen LogP) is 3.48. The summed E-state index contributed by atoms with van der Waals surface area (Å²) in [5.41, 5.74) is -0.551. The molecule has 0 saturated heterocycles. The molecule has 0 spiro atoms. The molecule has 1 unspecified atom stereocenters. The van der Waals surface area contributed by atoms with Gasteiger partial charge in [0.2, 0.25) is 0 Å². The van der Waals surface area contributed by atoms with Crippen LogP contribution in [0.25, 0.3) is 0 Å². The van der Waals surface area contributed by atoms with Gasteiger partial charge < -0.3 is 15.0 Å². The van der Waals surface area contributed by atoms with Gasteiger partial charge in [0.05, 0.1) is 0 Å². The van der Waals surface area contributed by atoms with Crippen molar-refractivity contribution in [2.75, 3.05) is 20.1 Å². The van der Waals surface area contributed by atoms with Crippen molar-refractivity contribution >= 4 is 6.09 Å². The molecule has 1 aromatic carbocycles. The number of carbonyl (C=O) groups is 1. The molecule has 0 bridgehead atoms. The van der Waals surface area contributed by atoms with Gasteiger partial charge >= 0.3 is 6.09 Å². The molecule has 22 heavy (non-hydrogen) atoms. The van der Waals surface area contributed by atoms with E-state index in [-0.39, 0.29) is 5.56 Å². The van der Waals surface area contributed by atoms with E-state index >= 15 is 0 Å². The first kappa shape index (κ1) is 18.4. The molecule has 1 amide bonds. The molecule has 4 nitrogen and oxygen atoms in total. The van der Waals surface area contributed by atoms with Gasteiger partial charge in [0.25, 0.3) is 0 Å². The quantitative estimate of drug-likeness (QED) is 0.904. The fourth-order valence-corrected chi connectivity index (χ4v) is 1.91. The van der Waals surface area contributed by atoms with Crippen LogP contribution < -0.4 is 5.32 Å². The fourth-order valence-electron chi connectivity index (χ4n) is 1.91. The number of amides is 1. The van der Waals surface area contributed by atoms with E-state index in [9.17, 15) is 13.6 Å². The lowest BCUT2D eigenvalue weighted by Crippen LogP contribution is -2.38. The molecule has 0 fully saturated rings. The van der Waals surface area contributed by atoms with E-state index in [0.717, 1.165) is 0 Å². The van der Waals surface area contributed by atoms with Crippen LogP contribution in [0.5, 0.6) is 0 Å². The topological polar surface area (TPSA) is 41.6 Å². The first-order valence-corrected chi connectivity index (χ1v) is 7.23. The minimum atomic E-state index is -0.583. The van der Waals surface area contributed by atoms with Gasteiger partial charge in [-0.2, -0.15) is 0 Å². The smallest absolute Gasteiger partial charge is 0.410 e. The highest BCUT2D eigenvalue weighted by atomic mass is 19.1. The molecule has 0 aromatic heterocycles. The Balaban J connectivity index is 2.48. The van der Waals surface area contributed by atoms with Gasteiger partial charge in [-0.3, -0.25) is 0 Å². The van der Waals surface area contributed by atoms with Crippen LogP contribution in [-0.2, 0) is 4.74 Å². The number of carbonyl (C=O) groups excluding carboxylic acids is 1. The third-order valence-corrected chi connectivity index (χ3v) is 3.04. The molecule has 6 heteroatoms. The first-order chi connectivity index (χ1) is 10.1. The molecule has 0 aliphatic heterocycles. The molecule has 1 atom stereocenters. The molecule has 0 aliphatic carbocycles. The van der Waals surface area contributed by atoms with E-state index in [1.54, 1.807) is 34.7 Å². The summed E-state index contributed by atoms with van der Waals surface area (Å²) in [6.07, 6.45) is -0.431. The van der Waals surface area contributed by atoms with Crippen molar-refractivity contribution in [3.8, 4) is 0 Å². The van der Waals surface area contributed by atoms with E-state index in [1.165, 1.54) is 23.1 Å². The minimum Gasteiger partial charge on any atom is -0.444 e. The maximum Gasteiger partial charge on any atom is 0.410 e. The van der Waals surface area contributed by atoms with Crippen molar-refractivity contribution in [2.45, 2.75) is 39.3 Å². The summed E-state index contributed by atoms with van der Waals surface area (Å²) in [6.45, 7) is 7.81. The highest BCUT2D eigenvalue weighted by Gasteiger charge is 2.20. The summed E-state index contributed by atoms with van der Waals surface area (Å²) in [5, 5.41) is 3.00. The van der Waals surface area contributed by atoms with Crippen molar-refractivity contribution in [1.29, 1.82) is 0 Å². The van der Waals surface area contributed by atoms with Crippen LogP contribution in [0.4, 0.5) is 13.6 Å². The average molecular weight is 314 g/mol. The highest BCUT2D eigenvalue weighted by molar-refractivity contribution is 5.67. The molecule has 1 aromatic rings. The lowest BCUT2D eigenvalue weighted by Gasteiger charge is -2.25. The zero-order valence-electron chi connectivity index (χ0n) is 13.7. The lowest BCUT2D eigenvalue weighted by molar-refractivity contribution is 0.0299. The summed E-state index contributed by atoms with van der Waals surface area (Å²) < 4.78 is 32.5. The monoisotopic (exact) mass is 314 g/mol. The van der Waals surface area contributed by atoms with E-state index in [1.807, 2.05) is 0 Å². The molecule has 0 heterocycles. The Morgan fingerprint density at radius 2 is 1.86 bits per heavy atom. The van der Waals surface area contributed by atoms with Crippen molar-refractivity contribution < 1.29 is 18.3 Å². The largest absolute Gasteiger partial charge is 0.444 e.